The lowest BCUT2D eigenvalue weighted by Gasteiger charge is -2.27. The van der Waals surface area contributed by atoms with Gasteiger partial charge < -0.3 is 11.1 Å². The number of hydrogen-bond acceptors (Lipinski definition) is 4. The van der Waals surface area contributed by atoms with Crippen molar-refractivity contribution in [2.45, 2.75) is 27.7 Å². The number of nitrogens with one attached hydrogen (secondary N) is 1. The molecule has 5 heteroatoms. The molecule has 18 heavy (non-hydrogen) atoms. The third kappa shape index (κ3) is 3.91. The quantitative estimate of drug-likeness (QED) is 0.489. The van der Waals surface area contributed by atoms with E-state index in [0.29, 0.717) is 17.3 Å². The summed E-state index contributed by atoms with van der Waals surface area (Å²) in [6.07, 6.45) is 0. The second kappa shape index (κ2) is 5.25. The summed E-state index contributed by atoms with van der Waals surface area (Å²) < 4.78 is 0. The molecule has 1 unspecified atom stereocenters. The molecule has 100 valence electrons. The molecule has 0 saturated carbocycles. The molecule has 1 aromatic carbocycles. The van der Waals surface area contributed by atoms with Crippen LogP contribution in [0.15, 0.2) is 18.2 Å². The minimum Gasteiger partial charge on any atom is -0.398 e. The summed E-state index contributed by atoms with van der Waals surface area (Å²) in [7, 11) is 0. The molecule has 0 fully saturated rings. The van der Waals surface area contributed by atoms with Crippen LogP contribution in [0.2, 0.25) is 0 Å². The molecule has 0 saturated heterocycles. The molecule has 0 aliphatic rings. The molecule has 0 spiro atoms. The summed E-state index contributed by atoms with van der Waals surface area (Å²) >= 11 is 0. The van der Waals surface area contributed by atoms with Gasteiger partial charge in [0.05, 0.1) is 4.92 Å². The van der Waals surface area contributed by atoms with Gasteiger partial charge in [-0.1, -0.05) is 27.7 Å². The minimum atomic E-state index is -0.436. The highest BCUT2D eigenvalue weighted by Gasteiger charge is 2.19. The van der Waals surface area contributed by atoms with Crippen molar-refractivity contribution in [3.8, 4) is 0 Å². The van der Waals surface area contributed by atoms with Crippen LogP contribution in [0.4, 0.5) is 17.1 Å². The zero-order valence-electron chi connectivity index (χ0n) is 11.4. The van der Waals surface area contributed by atoms with Gasteiger partial charge in [-0.3, -0.25) is 10.1 Å². The summed E-state index contributed by atoms with van der Waals surface area (Å²) in [5.74, 6) is 0.443. The number of nitrogens with two attached hydrogens (primary N) is 1. The van der Waals surface area contributed by atoms with Crippen LogP contribution in [-0.2, 0) is 0 Å². The molecule has 0 heterocycles. The highest BCUT2D eigenvalue weighted by molar-refractivity contribution is 5.61. The van der Waals surface area contributed by atoms with Crippen molar-refractivity contribution in [1.82, 2.24) is 0 Å². The van der Waals surface area contributed by atoms with Crippen molar-refractivity contribution in [2.75, 3.05) is 17.6 Å². The first-order valence-electron chi connectivity index (χ1n) is 5.99. The van der Waals surface area contributed by atoms with Gasteiger partial charge in [-0.2, -0.15) is 0 Å². The lowest BCUT2D eigenvalue weighted by molar-refractivity contribution is -0.384. The molecule has 0 bridgehead atoms. The van der Waals surface area contributed by atoms with Crippen LogP contribution in [0.25, 0.3) is 0 Å². The van der Waals surface area contributed by atoms with E-state index in [2.05, 4.69) is 33.0 Å². The van der Waals surface area contributed by atoms with Crippen LogP contribution in [0.5, 0.6) is 0 Å². The number of hydrogen-bond donors (Lipinski definition) is 2. The van der Waals surface area contributed by atoms with E-state index < -0.39 is 4.92 Å². The van der Waals surface area contributed by atoms with E-state index in [1.807, 2.05) is 0 Å². The molecular formula is C13H21N3O2. The average Bonchev–Trinajstić information content (AvgIpc) is 2.23. The Kier molecular flexibility index (Phi) is 4.16. The maximum absolute atomic E-state index is 10.7. The van der Waals surface area contributed by atoms with Gasteiger partial charge in [0.2, 0.25) is 0 Å². The summed E-state index contributed by atoms with van der Waals surface area (Å²) in [5, 5.41) is 13.9. The third-order valence-corrected chi connectivity index (χ3v) is 3.24. The molecule has 0 radical (unpaired) electrons. The number of nitrogen functional groups attached to an aromatic ring is 1. The second-order valence-corrected chi connectivity index (χ2v) is 5.72. The minimum absolute atomic E-state index is 0.0147. The van der Waals surface area contributed by atoms with Crippen molar-refractivity contribution < 1.29 is 4.92 Å². The molecular weight excluding hydrogens is 230 g/mol. The van der Waals surface area contributed by atoms with Crippen molar-refractivity contribution in [3.05, 3.63) is 28.3 Å². The fourth-order valence-corrected chi connectivity index (χ4v) is 1.42. The highest BCUT2D eigenvalue weighted by atomic mass is 16.6. The van der Waals surface area contributed by atoms with E-state index in [4.69, 9.17) is 5.73 Å². The monoisotopic (exact) mass is 251 g/mol. The predicted molar refractivity (Wildman–Crippen MR) is 74.6 cm³/mol. The zero-order chi connectivity index (χ0) is 13.9. The number of anilines is 2. The van der Waals surface area contributed by atoms with E-state index in [0.717, 1.165) is 6.54 Å². The number of non-ortho nitro benzene ring substituents is 1. The normalized spacial score (nSPS) is 13.1. The smallest absolute Gasteiger partial charge is 0.273 e. The van der Waals surface area contributed by atoms with Gasteiger partial charge in [-0.25, -0.2) is 0 Å². The maximum atomic E-state index is 10.7. The first kappa shape index (κ1) is 14.3. The Balaban J connectivity index is 2.77. The standard InChI is InChI=1S/C13H21N3O2/c1-9(13(2,3)4)8-15-11-5-10(14)6-12(7-11)16(17)18/h5-7,9,15H,8,14H2,1-4H3. The first-order valence-corrected chi connectivity index (χ1v) is 5.99. The van der Waals surface area contributed by atoms with Crippen LogP contribution in [-0.4, -0.2) is 11.5 Å². The van der Waals surface area contributed by atoms with Crippen LogP contribution >= 0.6 is 0 Å². The molecule has 5 nitrogen and oxygen atoms in total. The summed E-state index contributed by atoms with van der Waals surface area (Å²) in [5.41, 5.74) is 6.94. The van der Waals surface area contributed by atoms with Gasteiger partial charge in [0, 0.05) is 30.1 Å². The summed E-state index contributed by atoms with van der Waals surface area (Å²) in [6.45, 7) is 9.40. The molecule has 0 aromatic heterocycles. The SMILES string of the molecule is CC(CNc1cc(N)cc([N+](=O)[O-])c1)C(C)(C)C. The average molecular weight is 251 g/mol. The van der Waals surface area contributed by atoms with Crippen molar-refractivity contribution in [1.29, 1.82) is 0 Å². The lowest BCUT2D eigenvalue weighted by atomic mass is 9.82. The number of benzene rings is 1. The number of nitro benzene ring substituents is 1. The zero-order valence-corrected chi connectivity index (χ0v) is 11.4. The lowest BCUT2D eigenvalue weighted by Crippen LogP contribution is -2.24. The van der Waals surface area contributed by atoms with Crippen molar-refractivity contribution >= 4 is 17.1 Å². The van der Waals surface area contributed by atoms with Crippen LogP contribution in [0.3, 0.4) is 0 Å². The number of nitrogens with zero attached hydrogens (tertiary/aromatic N) is 1. The maximum Gasteiger partial charge on any atom is 0.273 e. The number of nitro groups is 1. The Morgan fingerprint density at radius 2 is 2.00 bits per heavy atom. The van der Waals surface area contributed by atoms with E-state index in [9.17, 15) is 10.1 Å². The number of rotatable bonds is 4. The molecule has 1 aromatic rings. The van der Waals surface area contributed by atoms with Gasteiger partial charge in [0.1, 0.15) is 0 Å². The van der Waals surface area contributed by atoms with Gasteiger partial charge in [0.25, 0.3) is 5.69 Å². The topological polar surface area (TPSA) is 81.2 Å². The van der Waals surface area contributed by atoms with E-state index in [-0.39, 0.29) is 11.1 Å². The molecule has 0 aliphatic heterocycles. The van der Waals surface area contributed by atoms with E-state index in [1.54, 1.807) is 6.07 Å². The Morgan fingerprint density at radius 3 is 2.50 bits per heavy atom. The van der Waals surface area contributed by atoms with Crippen molar-refractivity contribution in [2.24, 2.45) is 11.3 Å². The molecule has 0 aliphatic carbocycles. The van der Waals surface area contributed by atoms with Crippen LogP contribution < -0.4 is 11.1 Å². The molecule has 1 rings (SSSR count). The molecule has 3 N–H and O–H groups in total. The molecule has 1 atom stereocenters. The Labute approximate surface area is 108 Å². The van der Waals surface area contributed by atoms with E-state index in [1.165, 1.54) is 12.1 Å². The third-order valence-electron chi connectivity index (χ3n) is 3.24. The second-order valence-electron chi connectivity index (χ2n) is 5.72. The van der Waals surface area contributed by atoms with Gasteiger partial charge in [-0.05, 0) is 17.4 Å². The predicted octanol–water partition coefficient (Wildman–Crippen LogP) is 3.27. The van der Waals surface area contributed by atoms with E-state index >= 15 is 0 Å². The van der Waals surface area contributed by atoms with Crippen molar-refractivity contribution in [3.63, 3.8) is 0 Å². The Morgan fingerprint density at radius 1 is 1.39 bits per heavy atom. The summed E-state index contributed by atoms with van der Waals surface area (Å²) in [6, 6.07) is 4.58. The Hall–Kier alpha value is -1.78. The summed E-state index contributed by atoms with van der Waals surface area (Å²) in [4.78, 5) is 10.3. The van der Waals surface area contributed by atoms with Crippen LogP contribution in [0, 0.1) is 21.4 Å². The Bertz CT molecular complexity index is 438. The first-order chi connectivity index (χ1) is 8.20. The van der Waals surface area contributed by atoms with Crippen LogP contribution in [0.1, 0.15) is 27.7 Å². The van der Waals surface area contributed by atoms with Gasteiger partial charge >= 0.3 is 0 Å². The molecule has 0 amide bonds. The largest absolute Gasteiger partial charge is 0.398 e. The van der Waals surface area contributed by atoms with Gasteiger partial charge in [0.15, 0.2) is 0 Å². The fourth-order valence-electron chi connectivity index (χ4n) is 1.42. The highest BCUT2D eigenvalue weighted by Crippen LogP contribution is 2.27. The fraction of sp³-hybridized carbons (Fsp3) is 0.538. The van der Waals surface area contributed by atoms with Gasteiger partial charge in [-0.15, -0.1) is 0 Å².